The van der Waals surface area contributed by atoms with Crippen molar-refractivity contribution in [2.75, 3.05) is 0 Å². The van der Waals surface area contributed by atoms with Gasteiger partial charge in [0.15, 0.2) is 0 Å². The first-order valence-electron chi connectivity index (χ1n) is 3.67. The van der Waals surface area contributed by atoms with E-state index in [9.17, 15) is 9.50 Å². The minimum Gasteiger partial charge on any atom is -0.388 e. The van der Waals surface area contributed by atoms with Crippen LogP contribution in [0.4, 0.5) is 4.39 Å². The molecule has 0 unspecified atom stereocenters. The summed E-state index contributed by atoms with van der Waals surface area (Å²) in [5.74, 6) is -0.296. The van der Waals surface area contributed by atoms with Crippen molar-refractivity contribution in [3.8, 4) is 0 Å². The maximum absolute atomic E-state index is 12.6. The van der Waals surface area contributed by atoms with Gasteiger partial charge in [-0.15, -0.1) is 0 Å². The fraction of sp³-hybridized carbons (Fsp3) is 0.333. The molecule has 0 fully saturated rings. The molecule has 0 bridgehead atoms. The molecule has 1 aromatic carbocycles. The number of hydrogen-bond acceptors (Lipinski definition) is 1. The Bertz CT molecular complexity index is 235. The summed E-state index contributed by atoms with van der Waals surface area (Å²) in [6, 6.07) is 6.04. The molecule has 1 rings (SSSR count). The Kier molecular flexibility index (Phi) is 2.60. The van der Waals surface area contributed by atoms with Crippen LogP contribution in [0.15, 0.2) is 24.3 Å². The Morgan fingerprint density at radius 1 is 1.55 bits per heavy atom. The van der Waals surface area contributed by atoms with Crippen LogP contribution in [0, 0.1) is 5.82 Å². The lowest BCUT2D eigenvalue weighted by Gasteiger charge is -2.06. The minimum absolute atomic E-state index is 0.296. The highest BCUT2D eigenvalue weighted by Gasteiger charge is 2.03. The molecule has 0 heterocycles. The molecule has 0 aliphatic carbocycles. The van der Waals surface area contributed by atoms with E-state index in [1.54, 1.807) is 12.1 Å². The first-order valence-corrected chi connectivity index (χ1v) is 3.67. The number of hydrogen-bond donors (Lipinski definition) is 1. The van der Waals surface area contributed by atoms with E-state index in [4.69, 9.17) is 0 Å². The van der Waals surface area contributed by atoms with Crippen LogP contribution in [0.5, 0.6) is 0 Å². The van der Waals surface area contributed by atoms with E-state index in [0.717, 1.165) is 0 Å². The standard InChI is InChI=1S/C9H11FO/c1-2-9(11)7-4-3-5-8(10)6-7/h3-6,9,11H,2H2,1H3/t9-/m1/s1. The van der Waals surface area contributed by atoms with Crippen molar-refractivity contribution in [1.82, 2.24) is 0 Å². The molecule has 1 atom stereocenters. The smallest absolute Gasteiger partial charge is 0.123 e. The predicted octanol–water partition coefficient (Wildman–Crippen LogP) is 2.27. The topological polar surface area (TPSA) is 20.2 Å². The Morgan fingerprint density at radius 3 is 2.82 bits per heavy atom. The molecule has 0 aromatic heterocycles. The lowest BCUT2D eigenvalue weighted by atomic mass is 10.1. The average molecular weight is 154 g/mol. The summed E-state index contributed by atoms with van der Waals surface area (Å²) in [5.41, 5.74) is 0.646. The number of rotatable bonds is 2. The van der Waals surface area contributed by atoms with E-state index in [1.165, 1.54) is 12.1 Å². The summed E-state index contributed by atoms with van der Waals surface area (Å²) in [7, 11) is 0. The monoisotopic (exact) mass is 154 g/mol. The van der Waals surface area contributed by atoms with E-state index < -0.39 is 6.10 Å². The molecule has 0 amide bonds. The summed E-state index contributed by atoms with van der Waals surface area (Å²) < 4.78 is 12.6. The van der Waals surface area contributed by atoms with E-state index in [-0.39, 0.29) is 5.82 Å². The van der Waals surface area contributed by atoms with Crippen molar-refractivity contribution in [2.24, 2.45) is 0 Å². The SMILES string of the molecule is CC[C@@H](O)c1cccc(F)c1. The Hall–Kier alpha value is -0.890. The van der Waals surface area contributed by atoms with Gasteiger partial charge in [-0.3, -0.25) is 0 Å². The van der Waals surface area contributed by atoms with Gasteiger partial charge in [0.1, 0.15) is 5.82 Å². The molecule has 0 saturated carbocycles. The highest BCUT2D eigenvalue weighted by Crippen LogP contribution is 2.16. The van der Waals surface area contributed by atoms with Crippen LogP contribution < -0.4 is 0 Å². The molecule has 1 N–H and O–H groups in total. The van der Waals surface area contributed by atoms with Gasteiger partial charge >= 0.3 is 0 Å². The van der Waals surface area contributed by atoms with Gasteiger partial charge in [-0.05, 0) is 24.1 Å². The third-order valence-electron chi connectivity index (χ3n) is 1.62. The van der Waals surface area contributed by atoms with Crippen molar-refractivity contribution in [2.45, 2.75) is 19.4 Å². The molecule has 0 aliphatic rings. The van der Waals surface area contributed by atoms with Gasteiger partial charge in [-0.2, -0.15) is 0 Å². The molecule has 1 aromatic rings. The molecule has 0 saturated heterocycles. The van der Waals surface area contributed by atoms with Crippen molar-refractivity contribution in [1.29, 1.82) is 0 Å². The molecule has 0 aliphatic heterocycles. The number of aliphatic hydroxyl groups excluding tert-OH is 1. The van der Waals surface area contributed by atoms with E-state index >= 15 is 0 Å². The Balaban J connectivity index is 2.86. The summed E-state index contributed by atoms with van der Waals surface area (Å²) in [6.45, 7) is 1.86. The van der Waals surface area contributed by atoms with Gasteiger partial charge in [0.25, 0.3) is 0 Å². The normalized spacial score (nSPS) is 13.0. The van der Waals surface area contributed by atoms with Crippen LogP contribution in [-0.2, 0) is 0 Å². The minimum atomic E-state index is -0.536. The number of halogens is 1. The second kappa shape index (κ2) is 3.49. The quantitative estimate of drug-likeness (QED) is 0.692. The van der Waals surface area contributed by atoms with Crippen molar-refractivity contribution in [3.63, 3.8) is 0 Å². The average Bonchev–Trinajstić information content (AvgIpc) is 2.03. The van der Waals surface area contributed by atoms with Crippen molar-refractivity contribution < 1.29 is 9.50 Å². The lowest BCUT2D eigenvalue weighted by Crippen LogP contribution is -1.94. The summed E-state index contributed by atoms with van der Waals surface area (Å²) >= 11 is 0. The second-order valence-electron chi connectivity index (χ2n) is 2.48. The molecule has 1 nitrogen and oxygen atoms in total. The summed E-state index contributed by atoms with van der Waals surface area (Å²) in [6.07, 6.45) is 0.0781. The molecular weight excluding hydrogens is 143 g/mol. The zero-order chi connectivity index (χ0) is 8.27. The van der Waals surface area contributed by atoms with Crippen LogP contribution in [-0.4, -0.2) is 5.11 Å². The lowest BCUT2D eigenvalue weighted by molar-refractivity contribution is 0.173. The fourth-order valence-electron chi connectivity index (χ4n) is 0.950. The maximum Gasteiger partial charge on any atom is 0.123 e. The first-order chi connectivity index (χ1) is 5.24. The van der Waals surface area contributed by atoms with E-state index in [1.807, 2.05) is 6.92 Å². The van der Waals surface area contributed by atoms with E-state index in [2.05, 4.69) is 0 Å². The molecule has 2 heteroatoms. The highest BCUT2D eigenvalue weighted by molar-refractivity contribution is 5.18. The Labute approximate surface area is 65.5 Å². The van der Waals surface area contributed by atoms with Crippen LogP contribution in [0.25, 0.3) is 0 Å². The van der Waals surface area contributed by atoms with E-state index in [0.29, 0.717) is 12.0 Å². The third-order valence-corrected chi connectivity index (χ3v) is 1.62. The summed E-state index contributed by atoms with van der Waals surface area (Å²) in [5, 5.41) is 9.29. The Morgan fingerprint density at radius 2 is 2.27 bits per heavy atom. The van der Waals surface area contributed by atoms with Crippen molar-refractivity contribution >= 4 is 0 Å². The molecule has 0 radical (unpaired) electrons. The van der Waals surface area contributed by atoms with Crippen LogP contribution in [0.3, 0.4) is 0 Å². The number of aliphatic hydroxyl groups is 1. The van der Waals surface area contributed by atoms with Gasteiger partial charge < -0.3 is 5.11 Å². The maximum atomic E-state index is 12.6. The van der Waals surface area contributed by atoms with Gasteiger partial charge in [0, 0.05) is 0 Å². The van der Waals surface area contributed by atoms with Gasteiger partial charge in [0.05, 0.1) is 6.10 Å². The van der Waals surface area contributed by atoms with Crippen LogP contribution >= 0.6 is 0 Å². The van der Waals surface area contributed by atoms with Crippen LogP contribution in [0.1, 0.15) is 25.0 Å². The zero-order valence-corrected chi connectivity index (χ0v) is 6.42. The van der Waals surface area contributed by atoms with Gasteiger partial charge in [0.2, 0.25) is 0 Å². The van der Waals surface area contributed by atoms with Gasteiger partial charge in [-0.25, -0.2) is 4.39 Å². The van der Waals surface area contributed by atoms with Crippen molar-refractivity contribution in [3.05, 3.63) is 35.6 Å². The fourth-order valence-corrected chi connectivity index (χ4v) is 0.950. The highest BCUT2D eigenvalue weighted by atomic mass is 19.1. The third kappa shape index (κ3) is 2.02. The zero-order valence-electron chi connectivity index (χ0n) is 6.42. The number of benzene rings is 1. The first kappa shape index (κ1) is 8.21. The largest absolute Gasteiger partial charge is 0.388 e. The molecule has 60 valence electrons. The summed E-state index contributed by atoms with van der Waals surface area (Å²) in [4.78, 5) is 0. The molecule has 0 spiro atoms. The second-order valence-corrected chi connectivity index (χ2v) is 2.48. The van der Waals surface area contributed by atoms with Crippen LogP contribution in [0.2, 0.25) is 0 Å². The predicted molar refractivity (Wildman–Crippen MR) is 41.7 cm³/mol. The molecular formula is C9H11FO. The van der Waals surface area contributed by atoms with Gasteiger partial charge in [-0.1, -0.05) is 19.1 Å². The molecule has 11 heavy (non-hydrogen) atoms.